The van der Waals surface area contributed by atoms with Crippen molar-refractivity contribution in [3.05, 3.63) is 35.6 Å². The van der Waals surface area contributed by atoms with Crippen LogP contribution in [0.5, 0.6) is 0 Å². The van der Waals surface area contributed by atoms with E-state index >= 15 is 0 Å². The number of benzene rings is 1. The van der Waals surface area contributed by atoms with E-state index in [0.29, 0.717) is 39.3 Å². The van der Waals surface area contributed by atoms with Gasteiger partial charge in [-0.1, -0.05) is 12.1 Å². The van der Waals surface area contributed by atoms with Crippen LogP contribution in [-0.2, 0) is 14.3 Å². The van der Waals surface area contributed by atoms with Gasteiger partial charge in [-0.25, -0.2) is 4.39 Å². The van der Waals surface area contributed by atoms with E-state index < -0.39 is 17.6 Å². The van der Waals surface area contributed by atoms with Crippen LogP contribution >= 0.6 is 0 Å². The molecule has 1 aromatic carbocycles. The summed E-state index contributed by atoms with van der Waals surface area (Å²) in [4.78, 5) is 40.7. The molecule has 2 saturated heterocycles. The molecule has 0 N–H and O–H groups in total. The number of halogens is 1. The van der Waals surface area contributed by atoms with Crippen LogP contribution in [-0.4, -0.2) is 66.3 Å². The molecule has 2 heterocycles. The van der Waals surface area contributed by atoms with Gasteiger partial charge in [0.1, 0.15) is 11.9 Å². The number of hydrogen-bond acceptors (Lipinski definition) is 4. The van der Waals surface area contributed by atoms with Crippen LogP contribution in [0.1, 0.15) is 36.0 Å². The Labute approximate surface area is 151 Å². The highest BCUT2D eigenvalue weighted by Crippen LogP contribution is 2.22. The second kappa shape index (κ2) is 8.40. The summed E-state index contributed by atoms with van der Waals surface area (Å²) in [6.07, 6.45) is 1.34. The zero-order valence-electron chi connectivity index (χ0n) is 14.7. The third-order valence-electron chi connectivity index (χ3n) is 4.92. The number of ether oxygens (including phenoxy) is 1. The number of morpholine rings is 1. The minimum Gasteiger partial charge on any atom is -0.378 e. The Kier molecular flexibility index (Phi) is 5.98. The Morgan fingerprint density at radius 3 is 2.54 bits per heavy atom. The van der Waals surface area contributed by atoms with E-state index in [0.717, 1.165) is 6.42 Å². The van der Waals surface area contributed by atoms with Crippen molar-refractivity contribution in [1.82, 2.24) is 9.80 Å². The predicted molar refractivity (Wildman–Crippen MR) is 92.1 cm³/mol. The molecule has 2 aliphatic heterocycles. The summed E-state index contributed by atoms with van der Waals surface area (Å²) in [5.41, 5.74) is 0.00247. The smallest absolute Gasteiger partial charge is 0.245 e. The Hall–Kier alpha value is -2.28. The fourth-order valence-corrected chi connectivity index (χ4v) is 3.50. The summed E-state index contributed by atoms with van der Waals surface area (Å²) in [6.45, 7) is 2.65. The van der Waals surface area contributed by atoms with Gasteiger partial charge in [0.15, 0.2) is 5.78 Å². The average Bonchev–Trinajstić information content (AvgIpc) is 3.16. The van der Waals surface area contributed by atoms with Gasteiger partial charge in [0.2, 0.25) is 11.8 Å². The Balaban J connectivity index is 1.57. The molecule has 6 nitrogen and oxygen atoms in total. The van der Waals surface area contributed by atoms with E-state index in [1.54, 1.807) is 15.9 Å². The quantitative estimate of drug-likeness (QED) is 0.747. The molecule has 7 heteroatoms. The summed E-state index contributed by atoms with van der Waals surface area (Å²) < 4.78 is 18.9. The molecule has 1 atom stereocenters. The van der Waals surface area contributed by atoms with Gasteiger partial charge in [-0.2, -0.15) is 0 Å². The first-order valence-corrected chi connectivity index (χ1v) is 9.01. The van der Waals surface area contributed by atoms with Crippen molar-refractivity contribution in [2.75, 3.05) is 32.8 Å². The van der Waals surface area contributed by atoms with Crippen LogP contribution in [0.15, 0.2) is 24.3 Å². The highest BCUT2D eigenvalue weighted by Gasteiger charge is 2.36. The van der Waals surface area contributed by atoms with E-state index in [9.17, 15) is 18.8 Å². The topological polar surface area (TPSA) is 66.9 Å². The molecule has 26 heavy (non-hydrogen) atoms. The normalized spacial score (nSPS) is 20.3. The largest absolute Gasteiger partial charge is 0.378 e. The first-order chi connectivity index (χ1) is 12.6. The van der Waals surface area contributed by atoms with Crippen LogP contribution in [0.3, 0.4) is 0 Å². The number of Topliss-reactive ketones (excluding diaryl/α,β-unsaturated/α-hetero) is 1. The second-order valence-electron chi connectivity index (χ2n) is 6.59. The van der Waals surface area contributed by atoms with Crippen LogP contribution in [0, 0.1) is 5.82 Å². The maximum atomic E-state index is 13.7. The lowest BCUT2D eigenvalue weighted by Crippen LogP contribution is -2.51. The number of rotatable bonds is 5. The summed E-state index contributed by atoms with van der Waals surface area (Å²) in [5, 5.41) is 0. The molecular weight excluding hydrogens is 339 g/mol. The SMILES string of the molecule is O=C(CCC(=O)N1CCCC1C(=O)N1CCOCC1)c1ccccc1F. The lowest BCUT2D eigenvalue weighted by Gasteiger charge is -2.32. The highest BCUT2D eigenvalue weighted by molar-refractivity contribution is 5.98. The number of nitrogens with zero attached hydrogens (tertiary/aromatic N) is 2. The molecule has 1 aromatic rings. The van der Waals surface area contributed by atoms with Gasteiger partial charge in [-0.15, -0.1) is 0 Å². The molecule has 2 aliphatic rings. The zero-order valence-corrected chi connectivity index (χ0v) is 14.7. The molecule has 0 aromatic heterocycles. The van der Waals surface area contributed by atoms with E-state index in [2.05, 4.69) is 0 Å². The van der Waals surface area contributed by atoms with Gasteiger partial charge in [0, 0.05) is 32.5 Å². The molecule has 0 radical (unpaired) electrons. The fourth-order valence-electron chi connectivity index (χ4n) is 3.50. The number of carbonyl (C=O) groups is 3. The van der Waals surface area contributed by atoms with Crippen molar-refractivity contribution in [3.8, 4) is 0 Å². The van der Waals surface area contributed by atoms with Crippen LogP contribution in [0.4, 0.5) is 4.39 Å². The van der Waals surface area contributed by atoms with Gasteiger partial charge in [-0.3, -0.25) is 14.4 Å². The van der Waals surface area contributed by atoms with Gasteiger partial charge < -0.3 is 14.5 Å². The van der Waals surface area contributed by atoms with Gasteiger partial charge >= 0.3 is 0 Å². The molecular formula is C19H23FN2O4. The van der Waals surface area contributed by atoms with Crippen molar-refractivity contribution in [2.45, 2.75) is 31.7 Å². The van der Waals surface area contributed by atoms with Crippen LogP contribution < -0.4 is 0 Å². The van der Waals surface area contributed by atoms with Crippen molar-refractivity contribution in [2.24, 2.45) is 0 Å². The summed E-state index contributed by atoms with van der Waals surface area (Å²) in [7, 11) is 0. The number of hydrogen-bond donors (Lipinski definition) is 0. The number of likely N-dealkylation sites (tertiary alicyclic amines) is 1. The summed E-state index contributed by atoms with van der Waals surface area (Å²) in [6, 6.07) is 5.30. The second-order valence-corrected chi connectivity index (χ2v) is 6.59. The molecule has 140 valence electrons. The van der Waals surface area contributed by atoms with Crippen LogP contribution in [0.2, 0.25) is 0 Å². The van der Waals surface area contributed by atoms with E-state index in [1.807, 2.05) is 0 Å². The zero-order chi connectivity index (χ0) is 18.5. The van der Waals surface area contributed by atoms with Gasteiger partial charge in [0.05, 0.1) is 18.8 Å². The fraction of sp³-hybridized carbons (Fsp3) is 0.526. The first kappa shape index (κ1) is 18.5. The predicted octanol–water partition coefficient (Wildman–Crippen LogP) is 1.64. The van der Waals surface area contributed by atoms with E-state index in [4.69, 9.17) is 4.74 Å². The third-order valence-corrected chi connectivity index (χ3v) is 4.92. The Bertz CT molecular complexity index is 688. The lowest BCUT2D eigenvalue weighted by atomic mass is 10.1. The third kappa shape index (κ3) is 4.09. The monoisotopic (exact) mass is 362 g/mol. The lowest BCUT2D eigenvalue weighted by molar-refractivity contribution is -0.146. The van der Waals surface area contributed by atoms with Crippen molar-refractivity contribution < 1.29 is 23.5 Å². The minimum absolute atomic E-state index is 0.00247. The number of carbonyl (C=O) groups excluding carboxylic acids is 3. The van der Waals surface area contributed by atoms with Crippen molar-refractivity contribution >= 4 is 17.6 Å². The number of ketones is 1. The maximum Gasteiger partial charge on any atom is 0.245 e. The molecule has 0 bridgehead atoms. The van der Waals surface area contributed by atoms with Gasteiger partial charge in [0.25, 0.3) is 0 Å². The van der Waals surface area contributed by atoms with Crippen molar-refractivity contribution in [3.63, 3.8) is 0 Å². The van der Waals surface area contributed by atoms with Gasteiger partial charge in [-0.05, 0) is 25.0 Å². The molecule has 3 rings (SSSR count). The molecule has 0 aliphatic carbocycles. The van der Waals surface area contributed by atoms with Crippen LogP contribution in [0.25, 0.3) is 0 Å². The maximum absolute atomic E-state index is 13.7. The van der Waals surface area contributed by atoms with E-state index in [-0.39, 0.29) is 30.2 Å². The molecule has 2 fully saturated rings. The Morgan fingerprint density at radius 2 is 1.81 bits per heavy atom. The highest BCUT2D eigenvalue weighted by atomic mass is 19.1. The summed E-state index contributed by atoms with van der Waals surface area (Å²) in [5.74, 6) is -1.24. The minimum atomic E-state index is -0.577. The Morgan fingerprint density at radius 1 is 1.08 bits per heavy atom. The standard InChI is InChI=1S/C19H23FN2O4/c20-15-5-2-1-4-14(15)17(23)7-8-18(24)22-9-3-6-16(22)19(25)21-10-12-26-13-11-21/h1-2,4-5,16H,3,6-13H2. The molecule has 1 unspecified atom stereocenters. The van der Waals surface area contributed by atoms with E-state index in [1.165, 1.54) is 18.2 Å². The molecule has 0 saturated carbocycles. The summed E-state index contributed by atoms with van der Waals surface area (Å²) >= 11 is 0. The average molecular weight is 362 g/mol. The van der Waals surface area contributed by atoms with Crippen molar-refractivity contribution in [1.29, 1.82) is 0 Å². The molecule has 2 amide bonds. The first-order valence-electron chi connectivity index (χ1n) is 9.01. The number of amides is 2. The molecule has 0 spiro atoms.